The summed E-state index contributed by atoms with van der Waals surface area (Å²) in [6.45, 7) is 6.64. The van der Waals surface area contributed by atoms with Gasteiger partial charge in [-0.25, -0.2) is 0 Å². The van der Waals surface area contributed by atoms with Crippen LogP contribution >= 0.6 is 0 Å². The van der Waals surface area contributed by atoms with Gasteiger partial charge in [-0.3, -0.25) is 4.79 Å². The van der Waals surface area contributed by atoms with Crippen LogP contribution in [0, 0.1) is 0 Å². The summed E-state index contributed by atoms with van der Waals surface area (Å²) >= 11 is 0. The van der Waals surface area contributed by atoms with Crippen molar-refractivity contribution in [1.82, 2.24) is 0 Å². The maximum atomic E-state index is 11.2. The first-order chi connectivity index (χ1) is 9.29. The van der Waals surface area contributed by atoms with Crippen LogP contribution in [-0.2, 0) is 4.79 Å². The molecular weight excluding hydrogens is 232 g/mol. The fraction of sp³-hybridized carbons (Fsp3) is 0.833. The monoisotopic (exact) mass is 266 g/mol. The lowest BCUT2D eigenvalue weighted by Crippen LogP contribution is -1.96. The van der Waals surface area contributed by atoms with Gasteiger partial charge in [0.15, 0.2) is 0 Å². The van der Waals surface area contributed by atoms with Crippen molar-refractivity contribution in [3.05, 3.63) is 11.1 Å². The minimum absolute atomic E-state index is 0.971. The highest BCUT2D eigenvalue weighted by Gasteiger charge is 2.05. The normalized spacial score (nSPS) is 12.4. The summed E-state index contributed by atoms with van der Waals surface area (Å²) in [4.78, 5) is 11.2. The van der Waals surface area contributed by atoms with Gasteiger partial charge in [0.25, 0.3) is 0 Å². The van der Waals surface area contributed by atoms with Gasteiger partial charge in [-0.1, -0.05) is 71.3 Å². The van der Waals surface area contributed by atoms with Crippen molar-refractivity contribution >= 4 is 6.29 Å². The molecule has 0 saturated heterocycles. The molecule has 1 nitrogen and oxygen atoms in total. The molecule has 0 atom stereocenters. The van der Waals surface area contributed by atoms with E-state index in [1.165, 1.54) is 56.9 Å². The number of carbonyl (C=O) groups excluding carboxylic acids is 1. The van der Waals surface area contributed by atoms with E-state index in [9.17, 15) is 4.79 Å². The lowest BCUT2D eigenvalue weighted by Gasteiger charge is -2.11. The Bertz CT molecular complexity index is 240. The molecule has 0 spiro atoms. The molecule has 0 aromatic heterocycles. The van der Waals surface area contributed by atoms with Gasteiger partial charge in [0.1, 0.15) is 6.29 Å². The van der Waals surface area contributed by atoms with E-state index < -0.39 is 0 Å². The van der Waals surface area contributed by atoms with Gasteiger partial charge in [0.05, 0.1) is 0 Å². The molecule has 19 heavy (non-hydrogen) atoms. The highest BCUT2D eigenvalue weighted by molar-refractivity contribution is 5.74. The number of hydrogen-bond donors (Lipinski definition) is 0. The van der Waals surface area contributed by atoms with Crippen molar-refractivity contribution in [3.8, 4) is 0 Å². The van der Waals surface area contributed by atoms with Gasteiger partial charge in [0.2, 0.25) is 0 Å². The molecule has 0 aromatic rings. The molecular formula is C18H34O. The molecule has 0 amide bonds. The standard InChI is InChI=1S/C18H34O/c1-4-7-9-10-11-12-15-17(14-8-5-2)18(16-19)13-6-3/h16H,4-15H2,1-3H3/b18-17-. The van der Waals surface area contributed by atoms with Crippen LogP contribution in [0.4, 0.5) is 0 Å². The van der Waals surface area contributed by atoms with Crippen molar-refractivity contribution in [2.45, 2.75) is 97.8 Å². The highest BCUT2D eigenvalue weighted by Crippen LogP contribution is 2.22. The Labute approximate surface area is 120 Å². The second kappa shape index (κ2) is 13.8. The number of carbonyl (C=O) groups is 1. The number of aldehydes is 1. The molecule has 0 unspecified atom stereocenters. The maximum absolute atomic E-state index is 11.2. The van der Waals surface area contributed by atoms with E-state index >= 15 is 0 Å². The zero-order valence-corrected chi connectivity index (χ0v) is 13.5. The van der Waals surface area contributed by atoms with Crippen LogP contribution in [0.3, 0.4) is 0 Å². The van der Waals surface area contributed by atoms with Gasteiger partial charge in [0, 0.05) is 0 Å². The first-order valence-corrected chi connectivity index (χ1v) is 8.46. The molecule has 0 rings (SSSR count). The summed E-state index contributed by atoms with van der Waals surface area (Å²) < 4.78 is 0. The van der Waals surface area contributed by atoms with Gasteiger partial charge >= 0.3 is 0 Å². The Kier molecular flexibility index (Phi) is 13.4. The number of allylic oxidation sites excluding steroid dienone is 2. The molecule has 0 fully saturated rings. The van der Waals surface area contributed by atoms with E-state index in [4.69, 9.17) is 0 Å². The lowest BCUT2D eigenvalue weighted by atomic mass is 9.94. The van der Waals surface area contributed by atoms with Crippen LogP contribution in [0.1, 0.15) is 97.8 Å². The third-order valence-corrected chi connectivity index (χ3v) is 3.78. The van der Waals surface area contributed by atoms with E-state index in [0.717, 1.165) is 37.5 Å². The fourth-order valence-electron chi connectivity index (χ4n) is 2.54. The van der Waals surface area contributed by atoms with Gasteiger partial charge in [-0.2, -0.15) is 0 Å². The fourth-order valence-corrected chi connectivity index (χ4v) is 2.54. The summed E-state index contributed by atoms with van der Waals surface area (Å²) in [5, 5.41) is 0. The second-order valence-corrected chi connectivity index (χ2v) is 5.62. The third kappa shape index (κ3) is 9.92. The van der Waals surface area contributed by atoms with Crippen LogP contribution in [-0.4, -0.2) is 6.29 Å². The van der Waals surface area contributed by atoms with Gasteiger partial charge in [-0.15, -0.1) is 0 Å². The smallest absolute Gasteiger partial charge is 0.145 e. The third-order valence-electron chi connectivity index (χ3n) is 3.78. The molecule has 112 valence electrons. The van der Waals surface area contributed by atoms with E-state index in [2.05, 4.69) is 20.8 Å². The van der Waals surface area contributed by atoms with Gasteiger partial charge < -0.3 is 0 Å². The van der Waals surface area contributed by atoms with E-state index in [1.807, 2.05) is 0 Å². The molecule has 1 heteroatoms. The minimum atomic E-state index is 0.971. The number of rotatable bonds is 13. The number of unbranched alkanes of at least 4 members (excludes halogenated alkanes) is 6. The Balaban J connectivity index is 4.15. The predicted molar refractivity (Wildman–Crippen MR) is 85.5 cm³/mol. The molecule has 0 aromatic carbocycles. The summed E-state index contributed by atoms with van der Waals surface area (Å²) in [6.07, 6.45) is 15.9. The van der Waals surface area contributed by atoms with Crippen LogP contribution in [0.15, 0.2) is 11.1 Å². The zero-order valence-electron chi connectivity index (χ0n) is 13.5. The maximum Gasteiger partial charge on any atom is 0.145 e. The van der Waals surface area contributed by atoms with Gasteiger partial charge in [-0.05, 0) is 37.7 Å². The first kappa shape index (κ1) is 18.4. The SMILES string of the molecule is CCCCCCCC/C(CCCC)=C(\C=O)CCC. The molecule has 0 aliphatic rings. The van der Waals surface area contributed by atoms with Crippen molar-refractivity contribution in [2.24, 2.45) is 0 Å². The summed E-state index contributed by atoms with van der Waals surface area (Å²) in [5.41, 5.74) is 2.55. The molecule has 0 radical (unpaired) electrons. The van der Waals surface area contributed by atoms with E-state index in [1.54, 1.807) is 0 Å². The summed E-state index contributed by atoms with van der Waals surface area (Å²) in [7, 11) is 0. The summed E-state index contributed by atoms with van der Waals surface area (Å²) in [6, 6.07) is 0. The lowest BCUT2D eigenvalue weighted by molar-refractivity contribution is -0.105. The highest BCUT2D eigenvalue weighted by atomic mass is 16.1. The Morgan fingerprint density at radius 2 is 1.26 bits per heavy atom. The Morgan fingerprint density at radius 1 is 0.684 bits per heavy atom. The molecule has 0 N–H and O–H groups in total. The van der Waals surface area contributed by atoms with Crippen LogP contribution < -0.4 is 0 Å². The van der Waals surface area contributed by atoms with Crippen molar-refractivity contribution in [1.29, 1.82) is 0 Å². The number of hydrogen-bond acceptors (Lipinski definition) is 1. The largest absolute Gasteiger partial charge is 0.298 e. The molecule has 0 heterocycles. The van der Waals surface area contributed by atoms with Crippen LogP contribution in [0.25, 0.3) is 0 Å². The molecule has 0 aliphatic heterocycles. The van der Waals surface area contributed by atoms with Crippen molar-refractivity contribution < 1.29 is 4.79 Å². The van der Waals surface area contributed by atoms with Crippen LogP contribution in [0.2, 0.25) is 0 Å². The quantitative estimate of drug-likeness (QED) is 0.219. The Morgan fingerprint density at radius 3 is 1.84 bits per heavy atom. The molecule has 0 bridgehead atoms. The van der Waals surface area contributed by atoms with Crippen molar-refractivity contribution in [2.75, 3.05) is 0 Å². The molecule has 0 aliphatic carbocycles. The van der Waals surface area contributed by atoms with Crippen molar-refractivity contribution in [3.63, 3.8) is 0 Å². The average molecular weight is 266 g/mol. The Hall–Kier alpha value is -0.590. The first-order valence-electron chi connectivity index (χ1n) is 8.46. The topological polar surface area (TPSA) is 17.1 Å². The van der Waals surface area contributed by atoms with Crippen LogP contribution in [0.5, 0.6) is 0 Å². The predicted octanol–water partition coefficient (Wildman–Crippen LogP) is 6.22. The zero-order chi connectivity index (χ0) is 14.3. The molecule has 0 saturated carbocycles. The average Bonchev–Trinajstić information content (AvgIpc) is 2.43. The summed E-state index contributed by atoms with van der Waals surface area (Å²) in [5.74, 6) is 0. The van der Waals surface area contributed by atoms with E-state index in [0.29, 0.717) is 0 Å². The second-order valence-electron chi connectivity index (χ2n) is 5.62. The minimum Gasteiger partial charge on any atom is -0.298 e. The van der Waals surface area contributed by atoms with E-state index in [-0.39, 0.29) is 0 Å².